The van der Waals surface area contributed by atoms with Crippen LogP contribution in [0.25, 0.3) is 5.95 Å². The largest absolute Gasteiger partial charge is 0.479 e. The predicted molar refractivity (Wildman–Crippen MR) is 107 cm³/mol. The van der Waals surface area contributed by atoms with Gasteiger partial charge in [0.05, 0.1) is 12.1 Å². The van der Waals surface area contributed by atoms with Gasteiger partial charge < -0.3 is 10.4 Å². The van der Waals surface area contributed by atoms with Crippen molar-refractivity contribution >= 4 is 11.9 Å². The third-order valence-corrected chi connectivity index (χ3v) is 4.62. The van der Waals surface area contributed by atoms with Crippen LogP contribution in [-0.4, -0.2) is 36.7 Å². The lowest BCUT2D eigenvalue weighted by Crippen LogP contribution is -2.34. The predicted octanol–water partition coefficient (Wildman–Crippen LogP) is 2.38. The number of hydrogen-bond acceptors (Lipinski definition) is 5. The van der Waals surface area contributed by atoms with Gasteiger partial charge >= 0.3 is 5.97 Å². The van der Waals surface area contributed by atoms with Gasteiger partial charge in [0.2, 0.25) is 5.91 Å². The van der Waals surface area contributed by atoms with Gasteiger partial charge in [-0.05, 0) is 39.3 Å². The van der Waals surface area contributed by atoms with Gasteiger partial charge in [0.1, 0.15) is 0 Å². The lowest BCUT2D eigenvalue weighted by Gasteiger charge is -2.15. The van der Waals surface area contributed by atoms with E-state index >= 15 is 0 Å². The maximum Gasteiger partial charge on any atom is 0.330 e. The molecular formula is C21H23N5O3. The fourth-order valence-electron chi connectivity index (χ4n) is 3.23. The van der Waals surface area contributed by atoms with Gasteiger partial charge in [-0.1, -0.05) is 30.3 Å². The minimum atomic E-state index is -1.11. The Morgan fingerprint density at radius 2 is 1.69 bits per heavy atom. The van der Waals surface area contributed by atoms with Crippen LogP contribution in [0.4, 0.5) is 0 Å². The van der Waals surface area contributed by atoms with Crippen LogP contribution in [0.1, 0.15) is 39.9 Å². The van der Waals surface area contributed by atoms with Crippen molar-refractivity contribution in [3.8, 4) is 5.95 Å². The first-order valence-electron chi connectivity index (χ1n) is 9.21. The van der Waals surface area contributed by atoms with Crippen LogP contribution >= 0.6 is 0 Å². The van der Waals surface area contributed by atoms with Crippen LogP contribution in [0, 0.1) is 27.7 Å². The van der Waals surface area contributed by atoms with E-state index in [1.807, 2.05) is 26.8 Å². The van der Waals surface area contributed by atoms with E-state index in [0.717, 1.165) is 22.6 Å². The molecule has 0 saturated heterocycles. The van der Waals surface area contributed by atoms with E-state index in [0.29, 0.717) is 17.2 Å². The molecule has 0 fully saturated rings. The fraction of sp³-hybridized carbons (Fsp3) is 0.286. The summed E-state index contributed by atoms with van der Waals surface area (Å²) in [5.41, 5.74) is 4.31. The van der Waals surface area contributed by atoms with Gasteiger partial charge in [-0.15, -0.1) is 0 Å². The first-order chi connectivity index (χ1) is 13.8. The molecule has 29 heavy (non-hydrogen) atoms. The molecule has 0 aliphatic heterocycles. The highest BCUT2D eigenvalue weighted by atomic mass is 16.4. The molecule has 3 rings (SSSR count). The lowest BCUT2D eigenvalue weighted by atomic mass is 10.1. The van der Waals surface area contributed by atoms with Crippen LogP contribution in [0.15, 0.2) is 36.4 Å². The zero-order valence-corrected chi connectivity index (χ0v) is 16.8. The number of nitrogens with zero attached hydrogens (tertiary/aromatic N) is 4. The molecule has 8 nitrogen and oxygen atoms in total. The molecule has 1 aromatic carbocycles. The maximum atomic E-state index is 12.6. The van der Waals surface area contributed by atoms with E-state index in [1.165, 1.54) is 0 Å². The van der Waals surface area contributed by atoms with Gasteiger partial charge in [0.25, 0.3) is 5.95 Å². The molecule has 0 unspecified atom stereocenters. The summed E-state index contributed by atoms with van der Waals surface area (Å²) in [6.07, 6.45) is 0.0130. The maximum absolute atomic E-state index is 12.6. The third kappa shape index (κ3) is 4.48. The molecule has 3 aromatic rings. The van der Waals surface area contributed by atoms with Crippen molar-refractivity contribution in [1.82, 2.24) is 25.1 Å². The summed E-state index contributed by atoms with van der Waals surface area (Å²) in [5, 5.41) is 16.6. The molecule has 8 heteroatoms. The Balaban J connectivity index is 1.84. The number of hydrogen-bond donors (Lipinski definition) is 2. The summed E-state index contributed by atoms with van der Waals surface area (Å²) in [6, 6.07) is 9.37. The van der Waals surface area contributed by atoms with E-state index in [9.17, 15) is 14.7 Å². The van der Waals surface area contributed by atoms with Crippen LogP contribution in [-0.2, 0) is 16.0 Å². The van der Waals surface area contributed by atoms with Crippen molar-refractivity contribution in [2.75, 3.05) is 0 Å². The lowest BCUT2D eigenvalue weighted by molar-refractivity contribution is -0.141. The Morgan fingerprint density at radius 1 is 1.07 bits per heavy atom. The summed E-state index contributed by atoms with van der Waals surface area (Å²) < 4.78 is 1.61. The molecular weight excluding hydrogens is 370 g/mol. The van der Waals surface area contributed by atoms with E-state index < -0.39 is 17.9 Å². The van der Waals surface area contributed by atoms with Crippen molar-refractivity contribution in [2.24, 2.45) is 0 Å². The highest BCUT2D eigenvalue weighted by molar-refractivity contribution is 5.86. The van der Waals surface area contributed by atoms with Crippen molar-refractivity contribution < 1.29 is 14.7 Å². The topological polar surface area (TPSA) is 110 Å². The van der Waals surface area contributed by atoms with E-state index in [-0.39, 0.29) is 6.42 Å². The molecule has 0 bridgehead atoms. The number of carbonyl (C=O) groups is 2. The molecule has 1 amide bonds. The number of benzene rings is 1. The van der Waals surface area contributed by atoms with Crippen molar-refractivity contribution in [3.05, 3.63) is 70.3 Å². The number of carboxylic acid groups (broad SMARTS) is 1. The summed E-state index contributed by atoms with van der Waals surface area (Å²) in [7, 11) is 0. The number of rotatable bonds is 6. The van der Waals surface area contributed by atoms with Crippen LogP contribution in [0.3, 0.4) is 0 Å². The summed E-state index contributed by atoms with van der Waals surface area (Å²) in [6.45, 7) is 7.41. The van der Waals surface area contributed by atoms with E-state index in [4.69, 9.17) is 0 Å². The molecule has 150 valence electrons. The minimum Gasteiger partial charge on any atom is -0.479 e. The Kier molecular flexibility index (Phi) is 5.72. The molecule has 0 saturated carbocycles. The third-order valence-electron chi connectivity index (χ3n) is 4.62. The standard InChI is InChI=1S/C21H23N5O3/c1-12-10-13(2)23-21(22-12)26-15(4)17(14(3)25-26)11-18(27)24-19(20(28)29)16-8-6-5-7-9-16/h5-10,19H,11H2,1-4H3,(H,24,27)(H,28,29)/t19-/m0/s1. The molecule has 0 spiro atoms. The number of carboxylic acids is 1. The highest BCUT2D eigenvalue weighted by Gasteiger charge is 2.24. The van der Waals surface area contributed by atoms with Gasteiger partial charge in [-0.3, -0.25) is 4.79 Å². The Morgan fingerprint density at radius 3 is 2.28 bits per heavy atom. The number of amides is 1. The smallest absolute Gasteiger partial charge is 0.330 e. The van der Waals surface area contributed by atoms with Crippen molar-refractivity contribution in [2.45, 2.75) is 40.2 Å². The average molecular weight is 393 g/mol. The molecule has 1 atom stereocenters. The van der Waals surface area contributed by atoms with Gasteiger partial charge in [0, 0.05) is 22.6 Å². The van der Waals surface area contributed by atoms with Crippen LogP contribution < -0.4 is 5.32 Å². The van der Waals surface area contributed by atoms with E-state index in [2.05, 4.69) is 20.4 Å². The molecule has 0 radical (unpaired) electrons. The summed E-state index contributed by atoms with van der Waals surface area (Å²) in [5.74, 6) is -1.06. The average Bonchev–Trinajstić information content (AvgIpc) is 2.94. The SMILES string of the molecule is Cc1cc(C)nc(-n2nc(C)c(CC(=O)N[C@H](C(=O)O)c3ccccc3)c2C)n1. The quantitative estimate of drug-likeness (QED) is 0.665. The first kappa shape index (κ1) is 20.2. The number of carbonyl (C=O) groups excluding carboxylic acids is 1. The monoisotopic (exact) mass is 393 g/mol. The summed E-state index contributed by atoms with van der Waals surface area (Å²) >= 11 is 0. The number of aromatic nitrogens is 4. The number of aryl methyl sites for hydroxylation is 3. The Labute approximate surface area is 168 Å². The van der Waals surface area contributed by atoms with Gasteiger partial charge in [0.15, 0.2) is 6.04 Å². The minimum absolute atomic E-state index is 0.0130. The fourth-order valence-corrected chi connectivity index (χ4v) is 3.23. The van der Waals surface area contributed by atoms with Crippen molar-refractivity contribution in [3.63, 3.8) is 0 Å². The molecule has 0 aliphatic carbocycles. The van der Waals surface area contributed by atoms with Crippen LogP contribution in [0.2, 0.25) is 0 Å². The second-order valence-corrected chi connectivity index (χ2v) is 6.94. The second kappa shape index (κ2) is 8.22. The first-order valence-corrected chi connectivity index (χ1v) is 9.21. The molecule has 0 aliphatic rings. The molecule has 2 heterocycles. The zero-order chi connectivity index (χ0) is 21.1. The normalized spacial score (nSPS) is 11.9. The Hall–Kier alpha value is -3.55. The van der Waals surface area contributed by atoms with Crippen molar-refractivity contribution in [1.29, 1.82) is 0 Å². The second-order valence-electron chi connectivity index (χ2n) is 6.94. The molecule has 2 N–H and O–H groups in total. The van der Waals surface area contributed by atoms with Gasteiger partial charge in [-0.2, -0.15) is 5.10 Å². The van der Waals surface area contributed by atoms with E-state index in [1.54, 1.807) is 41.9 Å². The zero-order valence-electron chi connectivity index (χ0n) is 16.8. The number of aliphatic carboxylic acids is 1. The Bertz CT molecular complexity index is 1040. The summed E-state index contributed by atoms with van der Waals surface area (Å²) in [4.78, 5) is 33.1. The van der Waals surface area contributed by atoms with Crippen LogP contribution in [0.5, 0.6) is 0 Å². The number of nitrogens with one attached hydrogen (secondary N) is 1. The molecule has 2 aromatic heterocycles. The highest BCUT2D eigenvalue weighted by Crippen LogP contribution is 2.18. The van der Waals surface area contributed by atoms with Gasteiger partial charge in [-0.25, -0.2) is 19.4 Å².